The van der Waals surface area contributed by atoms with Gasteiger partial charge in [0.15, 0.2) is 0 Å². The van der Waals surface area contributed by atoms with E-state index in [1.54, 1.807) is 0 Å². The van der Waals surface area contributed by atoms with E-state index < -0.39 is 0 Å². The third kappa shape index (κ3) is 3.72. The number of nitrogens with two attached hydrogens (primary N) is 1. The third-order valence-corrected chi connectivity index (χ3v) is 3.67. The fraction of sp³-hybridized carbons (Fsp3) is 0.600. The van der Waals surface area contributed by atoms with Gasteiger partial charge in [-0.1, -0.05) is 18.2 Å². The van der Waals surface area contributed by atoms with Gasteiger partial charge in [0.05, 0.1) is 6.61 Å². The monoisotopic (exact) mass is 248 g/mol. The molecule has 0 bridgehead atoms. The molecule has 0 aromatic heterocycles. The summed E-state index contributed by atoms with van der Waals surface area (Å²) in [6.07, 6.45) is 4.52. The summed E-state index contributed by atoms with van der Waals surface area (Å²) in [5.41, 5.74) is 8.26. The van der Waals surface area contributed by atoms with Crippen LogP contribution < -0.4 is 11.1 Å². The highest BCUT2D eigenvalue weighted by molar-refractivity contribution is 5.46. The van der Waals surface area contributed by atoms with E-state index in [4.69, 9.17) is 10.5 Å². The molecule has 1 saturated heterocycles. The average molecular weight is 248 g/mol. The van der Waals surface area contributed by atoms with Crippen LogP contribution in [0.2, 0.25) is 0 Å². The van der Waals surface area contributed by atoms with Crippen LogP contribution in [-0.4, -0.2) is 25.3 Å². The molecule has 18 heavy (non-hydrogen) atoms. The quantitative estimate of drug-likeness (QED) is 0.621. The van der Waals surface area contributed by atoms with Crippen LogP contribution in [0.3, 0.4) is 0 Å². The molecule has 3 nitrogen and oxygen atoms in total. The summed E-state index contributed by atoms with van der Waals surface area (Å²) in [5.74, 6) is 0. The Morgan fingerprint density at radius 2 is 2.22 bits per heavy atom. The van der Waals surface area contributed by atoms with Gasteiger partial charge in [-0.25, -0.2) is 0 Å². The Morgan fingerprint density at radius 3 is 2.94 bits per heavy atom. The van der Waals surface area contributed by atoms with Gasteiger partial charge in [0, 0.05) is 17.8 Å². The summed E-state index contributed by atoms with van der Waals surface area (Å²) < 4.78 is 5.54. The summed E-state index contributed by atoms with van der Waals surface area (Å²) in [6.45, 7) is 5.02. The summed E-state index contributed by atoms with van der Waals surface area (Å²) in [7, 11) is 0. The van der Waals surface area contributed by atoms with Crippen molar-refractivity contribution in [2.75, 3.05) is 25.5 Å². The number of hydrogen-bond acceptors (Lipinski definition) is 3. The van der Waals surface area contributed by atoms with Gasteiger partial charge in [0.2, 0.25) is 0 Å². The Bertz CT molecular complexity index is 373. The summed E-state index contributed by atoms with van der Waals surface area (Å²) in [5, 5.41) is 3.62. The van der Waals surface area contributed by atoms with Gasteiger partial charge in [-0.05, 0) is 50.8 Å². The van der Waals surface area contributed by atoms with E-state index in [1.165, 1.54) is 12.0 Å². The van der Waals surface area contributed by atoms with E-state index >= 15 is 0 Å². The van der Waals surface area contributed by atoms with Crippen LogP contribution in [0, 0.1) is 0 Å². The number of ether oxygens (including phenoxy) is 1. The first-order chi connectivity index (χ1) is 8.70. The Kier molecular flexibility index (Phi) is 4.61. The van der Waals surface area contributed by atoms with Gasteiger partial charge in [-0.2, -0.15) is 0 Å². The third-order valence-electron chi connectivity index (χ3n) is 3.67. The Hall–Kier alpha value is -1.06. The van der Waals surface area contributed by atoms with Crippen molar-refractivity contribution in [1.82, 2.24) is 5.32 Å². The lowest BCUT2D eigenvalue weighted by Gasteiger charge is -2.34. The zero-order valence-corrected chi connectivity index (χ0v) is 11.2. The Morgan fingerprint density at radius 1 is 1.39 bits per heavy atom. The minimum atomic E-state index is 0.167. The molecule has 1 atom stereocenters. The second kappa shape index (κ2) is 6.21. The molecule has 1 aromatic carbocycles. The normalized spacial score (nSPS) is 24.1. The predicted molar refractivity (Wildman–Crippen MR) is 75.6 cm³/mol. The number of benzene rings is 1. The first-order valence-electron chi connectivity index (χ1n) is 6.86. The highest BCUT2D eigenvalue weighted by Gasteiger charge is 2.26. The minimum Gasteiger partial charge on any atom is -0.399 e. The van der Waals surface area contributed by atoms with E-state index in [0.717, 1.165) is 44.7 Å². The second-order valence-corrected chi connectivity index (χ2v) is 5.45. The lowest BCUT2D eigenvalue weighted by molar-refractivity contribution is 0.0287. The zero-order chi connectivity index (χ0) is 12.8. The van der Waals surface area contributed by atoms with Gasteiger partial charge in [-0.15, -0.1) is 0 Å². The molecule has 1 aliphatic rings. The first-order valence-corrected chi connectivity index (χ1v) is 6.86. The lowest BCUT2D eigenvalue weighted by Crippen LogP contribution is -2.49. The molecule has 1 heterocycles. The molecule has 1 aliphatic heterocycles. The van der Waals surface area contributed by atoms with Crippen molar-refractivity contribution in [3.05, 3.63) is 29.8 Å². The van der Waals surface area contributed by atoms with Crippen LogP contribution >= 0.6 is 0 Å². The number of para-hydroxylation sites is 1. The molecule has 0 saturated carbocycles. The van der Waals surface area contributed by atoms with Crippen molar-refractivity contribution in [2.45, 2.75) is 38.1 Å². The van der Waals surface area contributed by atoms with Crippen molar-refractivity contribution >= 4 is 5.69 Å². The number of nitrogens with one attached hydrogen (secondary N) is 1. The van der Waals surface area contributed by atoms with Crippen LogP contribution in [0.1, 0.15) is 31.7 Å². The van der Waals surface area contributed by atoms with E-state index in [1.807, 2.05) is 12.1 Å². The molecule has 0 spiro atoms. The van der Waals surface area contributed by atoms with Gasteiger partial charge in [0.25, 0.3) is 0 Å². The molecule has 0 aliphatic carbocycles. The van der Waals surface area contributed by atoms with Gasteiger partial charge >= 0.3 is 0 Å². The fourth-order valence-corrected chi connectivity index (χ4v) is 2.50. The maximum atomic E-state index is 5.93. The average Bonchev–Trinajstić information content (AvgIpc) is 2.37. The molecular formula is C15H24N2O. The van der Waals surface area contributed by atoms with E-state index in [0.29, 0.717) is 0 Å². The summed E-state index contributed by atoms with van der Waals surface area (Å²) >= 11 is 0. The molecule has 3 heteroatoms. The van der Waals surface area contributed by atoms with Crippen molar-refractivity contribution in [3.8, 4) is 0 Å². The van der Waals surface area contributed by atoms with Crippen LogP contribution in [-0.2, 0) is 11.2 Å². The Balaban J connectivity index is 1.71. The van der Waals surface area contributed by atoms with E-state index in [-0.39, 0.29) is 5.54 Å². The number of nitrogen functional groups attached to an aromatic ring is 1. The largest absolute Gasteiger partial charge is 0.399 e. The molecule has 0 radical (unpaired) electrons. The van der Waals surface area contributed by atoms with Crippen molar-refractivity contribution in [2.24, 2.45) is 0 Å². The zero-order valence-electron chi connectivity index (χ0n) is 11.2. The van der Waals surface area contributed by atoms with Gasteiger partial charge in [0.1, 0.15) is 0 Å². The van der Waals surface area contributed by atoms with Crippen molar-refractivity contribution in [1.29, 1.82) is 0 Å². The van der Waals surface area contributed by atoms with E-state index in [9.17, 15) is 0 Å². The van der Waals surface area contributed by atoms with E-state index in [2.05, 4.69) is 24.4 Å². The lowest BCUT2D eigenvalue weighted by atomic mass is 9.94. The minimum absolute atomic E-state index is 0.167. The molecule has 3 N–H and O–H groups in total. The number of aryl methyl sites for hydroxylation is 1. The molecule has 0 amide bonds. The highest BCUT2D eigenvalue weighted by atomic mass is 16.5. The molecule has 1 unspecified atom stereocenters. The van der Waals surface area contributed by atoms with Gasteiger partial charge < -0.3 is 15.8 Å². The highest BCUT2D eigenvalue weighted by Crippen LogP contribution is 2.18. The van der Waals surface area contributed by atoms with Crippen molar-refractivity contribution < 1.29 is 4.74 Å². The SMILES string of the molecule is CC1(NCCCc2ccccc2N)CCCOC1. The molecule has 1 aromatic rings. The predicted octanol–water partition coefficient (Wildman–Crippen LogP) is 2.36. The van der Waals surface area contributed by atoms with Crippen LogP contribution in [0.5, 0.6) is 0 Å². The topological polar surface area (TPSA) is 47.3 Å². The molecule has 1 fully saturated rings. The molecule has 2 rings (SSSR count). The van der Waals surface area contributed by atoms with Crippen LogP contribution in [0.15, 0.2) is 24.3 Å². The number of hydrogen-bond donors (Lipinski definition) is 2. The van der Waals surface area contributed by atoms with Crippen molar-refractivity contribution in [3.63, 3.8) is 0 Å². The molecule has 100 valence electrons. The summed E-state index contributed by atoms with van der Waals surface area (Å²) in [6, 6.07) is 8.12. The smallest absolute Gasteiger partial charge is 0.0645 e. The molecular weight excluding hydrogens is 224 g/mol. The first kappa shape index (κ1) is 13.4. The van der Waals surface area contributed by atoms with Crippen LogP contribution in [0.4, 0.5) is 5.69 Å². The fourth-order valence-electron chi connectivity index (χ4n) is 2.50. The Labute approximate surface area is 110 Å². The van der Waals surface area contributed by atoms with Gasteiger partial charge in [-0.3, -0.25) is 0 Å². The number of rotatable bonds is 5. The van der Waals surface area contributed by atoms with Crippen LogP contribution in [0.25, 0.3) is 0 Å². The standard InChI is InChI=1S/C15H24N2O/c1-15(9-5-11-18-12-15)17-10-4-7-13-6-2-3-8-14(13)16/h2-3,6,8,17H,4-5,7,9-12,16H2,1H3. The maximum Gasteiger partial charge on any atom is 0.0645 e. The summed E-state index contributed by atoms with van der Waals surface area (Å²) in [4.78, 5) is 0. The number of anilines is 1. The maximum absolute atomic E-state index is 5.93. The second-order valence-electron chi connectivity index (χ2n) is 5.45.